The molecule has 1 atom stereocenters. The summed E-state index contributed by atoms with van der Waals surface area (Å²) in [6, 6.07) is -0.459. The van der Waals surface area contributed by atoms with Crippen LogP contribution in [0.25, 0.3) is 0 Å². The molecular weight excluding hydrogens is 196 g/mol. The van der Waals surface area contributed by atoms with Crippen LogP contribution in [0.15, 0.2) is 4.52 Å². The molecular formula is C9H16N4O2. The standard InChI is InChI=1S/C9H16N4O2/c1-3-4-7(10)9(14)11-5-8-12-6(2)13-15-8/h7H,3-5,10H2,1-2H3,(H,11,14)/t7-/m0/s1. The van der Waals surface area contributed by atoms with Crippen molar-refractivity contribution in [1.82, 2.24) is 15.5 Å². The van der Waals surface area contributed by atoms with Gasteiger partial charge in [0.15, 0.2) is 5.82 Å². The van der Waals surface area contributed by atoms with Gasteiger partial charge in [-0.15, -0.1) is 0 Å². The molecule has 1 heterocycles. The smallest absolute Gasteiger partial charge is 0.246 e. The average Bonchev–Trinajstić information content (AvgIpc) is 2.61. The van der Waals surface area contributed by atoms with E-state index in [1.54, 1.807) is 6.92 Å². The van der Waals surface area contributed by atoms with Gasteiger partial charge in [-0.2, -0.15) is 4.98 Å². The van der Waals surface area contributed by atoms with Gasteiger partial charge in [0.05, 0.1) is 12.6 Å². The molecule has 15 heavy (non-hydrogen) atoms. The summed E-state index contributed by atoms with van der Waals surface area (Å²) in [7, 11) is 0. The van der Waals surface area contributed by atoms with E-state index in [4.69, 9.17) is 10.3 Å². The number of nitrogens with one attached hydrogen (secondary N) is 1. The Morgan fingerprint density at radius 3 is 2.93 bits per heavy atom. The summed E-state index contributed by atoms with van der Waals surface area (Å²) < 4.78 is 4.84. The second-order valence-corrected chi connectivity index (χ2v) is 3.35. The lowest BCUT2D eigenvalue weighted by Gasteiger charge is -2.09. The third kappa shape index (κ3) is 3.67. The van der Waals surface area contributed by atoms with Crippen LogP contribution >= 0.6 is 0 Å². The Balaban J connectivity index is 2.34. The second-order valence-electron chi connectivity index (χ2n) is 3.35. The molecule has 0 aliphatic carbocycles. The fourth-order valence-electron chi connectivity index (χ4n) is 1.15. The van der Waals surface area contributed by atoms with Crippen molar-refractivity contribution in [2.24, 2.45) is 5.73 Å². The molecule has 0 aliphatic rings. The predicted molar refractivity (Wildman–Crippen MR) is 53.8 cm³/mol. The van der Waals surface area contributed by atoms with Crippen molar-refractivity contribution >= 4 is 5.91 Å². The highest BCUT2D eigenvalue weighted by Gasteiger charge is 2.12. The highest BCUT2D eigenvalue weighted by molar-refractivity contribution is 5.81. The molecule has 3 N–H and O–H groups in total. The summed E-state index contributed by atoms with van der Waals surface area (Å²) in [6.07, 6.45) is 1.56. The summed E-state index contributed by atoms with van der Waals surface area (Å²) in [6.45, 7) is 3.93. The van der Waals surface area contributed by atoms with Crippen LogP contribution < -0.4 is 11.1 Å². The maximum atomic E-state index is 11.4. The van der Waals surface area contributed by atoms with Gasteiger partial charge >= 0.3 is 0 Å². The fourth-order valence-corrected chi connectivity index (χ4v) is 1.15. The molecule has 0 bridgehead atoms. The molecule has 0 unspecified atom stereocenters. The maximum absolute atomic E-state index is 11.4. The van der Waals surface area contributed by atoms with Crippen molar-refractivity contribution in [2.45, 2.75) is 39.3 Å². The van der Waals surface area contributed by atoms with E-state index in [0.29, 0.717) is 18.1 Å². The Labute approximate surface area is 88.2 Å². The highest BCUT2D eigenvalue weighted by Crippen LogP contribution is 1.97. The first-order valence-corrected chi connectivity index (χ1v) is 4.96. The van der Waals surface area contributed by atoms with Crippen LogP contribution in [0.2, 0.25) is 0 Å². The van der Waals surface area contributed by atoms with Gasteiger partial charge in [-0.3, -0.25) is 4.79 Å². The topological polar surface area (TPSA) is 94.0 Å². The van der Waals surface area contributed by atoms with Crippen LogP contribution in [0, 0.1) is 6.92 Å². The van der Waals surface area contributed by atoms with Crippen LogP contribution in [0.3, 0.4) is 0 Å². The van der Waals surface area contributed by atoms with E-state index in [0.717, 1.165) is 6.42 Å². The first-order valence-electron chi connectivity index (χ1n) is 4.96. The quantitative estimate of drug-likeness (QED) is 0.723. The van der Waals surface area contributed by atoms with Crippen molar-refractivity contribution < 1.29 is 9.32 Å². The van der Waals surface area contributed by atoms with E-state index in [9.17, 15) is 4.79 Å². The number of aryl methyl sites for hydroxylation is 1. The summed E-state index contributed by atoms with van der Waals surface area (Å²) in [4.78, 5) is 15.3. The van der Waals surface area contributed by atoms with Crippen molar-refractivity contribution in [3.8, 4) is 0 Å². The van der Waals surface area contributed by atoms with Gasteiger partial charge in [-0.05, 0) is 13.3 Å². The van der Waals surface area contributed by atoms with Gasteiger partial charge in [0.1, 0.15) is 0 Å². The largest absolute Gasteiger partial charge is 0.346 e. The molecule has 0 saturated carbocycles. The first kappa shape index (κ1) is 11.6. The predicted octanol–water partition coefficient (Wildman–Crippen LogP) is 0.122. The Hall–Kier alpha value is -1.43. The number of rotatable bonds is 5. The number of hydrogen-bond donors (Lipinski definition) is 2. The number of amides is 1. The van der Waals surface area contributed by atoms with E-state index in [1.165, 1.54) is 0 Å². The highest BCUT2D eigenvalue weighted by atomic mass is 16.5. The van der Waals surface area contributed by atoms with Gasteiger partial charge in [-0.25, -0.2) is 0 Å². The van der Waals surface area contributed by atoms with E-state index in [2.05, 4.69) is 15.5 Å². The van der Waals surface area contributed by atoms with Gasteiger partial charge < -0.3 is 15.6 Å². The minimum absolute atomic E-state index is 0.187. The molecule has 6 nitrogen and oxygen atoms in total. The lowest BCUT2D eigenvalue weighted by molar-refractivity contribution is -0.122. The van der Waals surface area contributed by atoms with Crippen molar-refractivity contribution in [1.29, 1.82) is 0 Å². The number of nitrogens with zero attached hydrogens (tertiary/aromatic N) is 2. The Bertz CT molecular complexity index is 324. The maximum Gasteiger partial charge on any atom is 0.246 e. The molecule has 0 aliphatic heterocycles. The molecule has 0 radical (unpaired) electrons. The van der Waals surface area contributed by atoms with Crippen molar-refractivity contribution in [2.75, 3.05) is 0 Å². The first-order chi connectivity index (χ1) is 7.13. The SMILES string of the molecule is CCC[C@H](N)C(=O)NCc1nc(C)no1. The van der Waals surface area contributed by atoms with Crippen LogP contribution in [0.4, 0.5) is 0 Å². The van der Waals surface area contributed by atoms with E-state index in [1.807, 2.05) is 6.92 Å². The van der Waals surface area contributed by atoms with Crippen LogP contribution in [-0.4, -0.2) is 22.1 Å². The molecule has 0 aromatic carbocycles. The zero-order valence-corrected chi connectivity index (χ0v) is 8.99. The minimum Gasteiger partial charge on any atom is -0.346 e. The normalized spacial score (nSPS) is 12.5. The second kappa shape index (κ2) is 5.45. The van der Waals surface area contributed by atoms with E-state index < -0.39 is 6.04 Å². The number of aromatic nitrogens is 2. The monoisotopic (exact) mass is 212 g/mol. The number of carbonyl (C=O) groups is 1. The van der Waals surface area contributed by atoms with Crippen LogP contribution in [-0.2, 0) is 11.3 Å². The minimum atomic E-state index is -0.459. The lowest BCUT2D eigenvalue weighted by atomic mass is 10.2. The van der Waals surface area contributed by atoms with Crippen molar-refractivity contribution in [3.05, 3.63) is 11.7 Å². The number of nitrogens with two attached hydrogens (primary N) is 1. The molecule has 0 fully saturated rings. The molecule has 0 spiro atoms. The third-order valence-corrected chi connectivity index (χ3v) is 1.92. The Morgan fingerprint density at radius 2 is 2.40 bits per heavy atom. The zero-order valence-electron chi connectivity index (χ0n) is 8.99. The number of carbonyl (C=O) groups excluding carboxylic acids is 1. The molecule has 1 amide bonds. The van der Waals surface area contributed by atoms with Gasteiger partial charge in [0.25, 0.3) is 0 Å². The summed E-state index contributed by atoms with van der Waals surface area (Å²) in [5.74, 6) is 0.759. The van der Waals surface area contributed by atoms with Crippen LogP contribution in [0.5, 0.6) is 0 Å². The molecule has 1 aromatic heterocycles. The zero-order chi connectivity index (χ0) is 11.3. The average molecular weight is 212 g/mol. The summed E-state index contributed by atoms with van der Waals surface area (Å²) in [5.41, 5.74) is 5.62. The van der Waals surface area contributed by atoms with E-state index >= 15 is 0 Å². The Kier molecular flexibility index (Phi) is 4.23. The molecule has 1 aromatic rings. The van der Waals surface area contributed by atoms with Gasteiger partial charge in [0, 0.05) is 0 Å². The molecule has 84 valence electrons. The fraction of sp³-hybridized carbons (Fsp3) is 0.667. The summed E-state index contributed by atoms with van der Waals surface area (Å²) >= 11 is 0. The van der Waals surface area contributed by atoms with Crippen molar-refractivity contribution in [3.63, 3.8) is 0 Å². The lowest BCUT2D eigenvalue weighted by Crippen LogP contribution is -2.40. The molecule has 6 heteroatoms. The van der Waals surface area contributed by atoms with Gasteiger partial charge in [0.2, 0.25) is 11.8 Å². The van der Waals surface area contributed by atoms with Crippen LogP contribution in [0.1, 0.15) is 31.5 Å². The Morgan fingerprint density at radius 1 is 1.67 bits per heavy atom. The molecule has 1 rings (SSSR count). The number of hydrogen-bond acceptors (Lipinski definition) is 5. The van der Waals surface area contributed by atoms with Gasteiger partial charge in [-0.1, -0.05) is 18.5 Å². The third-order valence-electron chi connectivity index (χ3n) is 1.92. The summed E-state index contributed by atoms with van der Waals surface area (Å²) in [5, 5.41) is 6.24. The molecule has 0 saturated heterocycles. The van der Waals surface area contributed by atoms with E-state index in [-0.39, 0.29) is 12.5 Å².